The Balaban J connectivity index is 2.07. The SMILES string of the molecule is COc1ccc2c(c1OC)O[C@H](c1cc(OC)c(OC)c(OC)c1O)CC2. The van der Waals surface area contributed by atoms with Crippen molar-refractivity contribution >= 4 is 0 Å². The van der Waals surface area contributed by atoms with Gasteiger partial charge in [-0.05, 0) is 30.5 Å². The first-order valence-electron chi connectivity index (χ1n) is 8.51. The van der Waals surface area contributed by atoms with Crippen molar-refractivity contribution in [3.05, 3.63) is 29.3 Å². The summed E-state index contributed by atoms with van der Waals surface area (Å²) in [7, 11) is 7.64. The third-order valence-corrected chi connectivity index (χ3v) is 4.70. The number of phenols is 1. The van der Waals surface area contributed by atoms with Crippen LogP contribution in [0.4, 0.5) is 0 Å². The maximum absolute atomic E-state index is 10.8. The molecule has 27 heavy (non-hydrogen) atoms. The molecule has 146 valence electrons. The molecule has 1 heterocycles. The average Bonchev–Trinajstić information content (AvgIpc) is 2.71. The Morgan fingerprint density at radius 3 is 2.11 bits per heavy atom. The van der Waals surface area contributed by atoms with Gasteiger partial charge in [-0.2, -0.15) is 0 Å². The van der Waals surface area contributed by atoms with Gasteiger partial charge in [0.05, 0.1) is 35.5 Å². The molecule has 3 rings (SSSR count). The monoisotopic (exact) mass is 376 g/mol. The molecule has 1 aliphatic heterocycles. The molecule has 0 fully saturated rings. The van der Waals surface area contributed by atoms with Gasteiger partial charge in [-0.25, -0.2) is 0 Å². The molecule has 0 radical (unpaired) electrons. The number of fused-ring (bicyclic) bond motifs is 1. The van der Waals surface area contributed by atoms with Crippen LogP contribution >= 0.6 is 0 Å². The van der Waals surface area contributed by atoms with E-state index < -0.39 is 6.10 Å². The largest absolute Gasteiger partial charge is 0.504 e. The van der Waals surface area contributed by atoms with Crippen LogP contribution in [0.5, 0.6) is 40.2 Å². The van der Waals surface area contributed by atoms with E-state index >= 15 is 0 Å². The molecule has 2 aromatic rings. The fourth-order valence-corrected chi connectivity index (χ4v) is 3.38. The first-order chi connectivity index (χ1) is 13.1. The zero-order chi connectivity index (χ0) is 19.6. The van der Waals surface area contributed by atoms with E-state index in [1.807, 2.05) is 12.1 Å². The van der Waals surface area contributed by atoms with Gasteiger partial charge in [-0.1, -0.05) is 6.07 Å². The van der Waals surface area contributed by atoms with Crippen LogP contribution in [0.1, 0.15) is 23.7 Å². The summed E-state index contributed by atoms with van der Waals surface area (Å²) in [6, 6.07) is 5.53. The number of hydrogen-bond donors (Lipinski definition) is 1. The lowest BCUT2D eigenvalue weighted by atomic mass is 9.95. The fourth-order valence-electron chi connectivity index (χ4n) is 3.38. The third-order valence-electron chi connectivity index (χ3n) is 4.70. The number of rotatable bonds is 6. The van der Waals surface area contributed by atoms with E-state index in [4.69, 9.17) is 28.4 Å². The zero-order valence-corrected chi connectivity index (χ0v) is 16.1. The summed E-state index contributed by atoms with van der Waals surface area (Å²) in [4.78, 5) is 0. The van der Waals surface area contributed by atoms with Crippen molar-refractivity contribution in [3.63, 3.8) is 0 Å². The van der Waals surface area contributed by atoms with Crippen molar-refractivity contribution in [1.29, 1.82) is 0 Å². The number of benzene rings is 2. The van der Waals surface area contributed by atoms with E-state index in [9.17, 15) is 5.11 Å². The van der Waals surface area contributed by atoms with Crippen LogP contribution in [0.3, 0.4) is 0 Å². The van der Waals surface area contributed by atoms with Gasteiger partial charge in [0.2, 0.25) is 17.2 Å². The molecule has 0 amide bonds. The maximum Gasteiger partial charge on any atom is 0.207 e. The van der Waals surface area contributed by atoms with Crippen LogP contribution in [-0.2, 0) is 6.42 Å². The molecule has 0 saturated carbocycles. The van der Waals surface area contributed by atoms with Crippen molar-refractivity contribution in [3.8, 4) is 40.2 Å². The van der Waals surface area contributed by atoms with Crippen molar-refractivity contribution in [2.45, 2.75) is 18.9 Å². The molecular formula is C20H24O7. The van der Waals surface area contributed by atoms with E-state index in [0.29, 0.717) is 40.7 Å². The molecule has 1 atom stereocenters. The number of aryl methyl sites for hydroxylation is 1. The maximum atomic E-state index is 10.8. The van der Waals surface area contributed by atoms with Crippen molar-refractivity contribution in [2.24, 2.45) is 0 Å². The molecule has 0 bridgehead atoms. The summed E-state index contributed by atoms with van der Waals surface area (Å²) < 4.78 is 33.1. The molecule has 0 aliphatic carbocycles. The third kappa shape index (κ3) is 3.13. The second-order valence-corrected chi connectivity index (χ2v) is 6.02. The minimum absolute atomic E-state index is 0.0366. The highest BCUT2D eigenvalue weighted by molar-refractivity contribution is 5.63. The molecular weight excluding hydrogens is 352 g/mol. The van der Waals surface area contributed by atoms with E-state index in [1.165, 1.54) is 21.3 Å². The van der Waals surface area contributed by atoms with Crippen LogP contribution in [0.25, 0.3) is 0 Å². The van der Waals surface area contributed by atoms with Crippen LogP contribution < -0.4 is 28.4 Å². The summed E-state index contributed by atoms with van der Waals surface area (Å²) in [5.41, 5.74) is 1.58. The average molecular weight is 376 g/mol. The summed E-state index contributed by atoms with van der Waals surface area (Å²) in [5, 5.41) is 10.8. The van der Waals surface area contributed by atoms with Crippen LogP contribution in [0.2, 0.25) is 0 Å². The van der Waals surface area contributed by atoms with E-state index in [2.05, 4.69) is 0 Å². The first kappa shape index (κ1) is 18.8. The van der Waals surface area contributed by atoms with E-state index in [-0.39, 0.29) is 11.5 Å². The molecule has 0 aromatic heterocycles. The summed E-state index contributed by atoms with van der Waals surface area (Å²) in [5.74, 6) is 2.69. The lowest BCUT2D eigenvalue weighted by molar-refractivity contribution is 0.162. The van der Waals surface area contributed by atoms with E-state index in [0.717, 1.165) is 12.0 Å². The minimum atomic E-state index is -0.410. The molecule has 0 unspecified atom stereocenters. The van der Waals surface area contributed by atoms with Crippen molar-refractivity contribution in [2.75, 3.05) is 35.5 Å². The molecule has 1 N–H and O–H groups in total. The van der Waals surface area contributed by atoms with Crippen molar-refractivity contribution in [1.82, 2.24) is 0 Å². The van der Waals surface area contributed by atoms with Gasteiger partial charge in [0.15, 0.2) is 23.0 Å². The summed E-state index contributed by atoms with van der Waals surface area (Å²) in [6.45, 7) is 0. The predicted octanol–water partition coefficient (Wildman–Crippen LogP) is 3.50. The Labute approximate surface area is 158 Å². The van der Waals surface area contributed by atoms with Gasteiger partial charge >= 0.3 is 0 Å². The molecule has 7 nitrogen and oxygen atoms in total. The van der Waals surface area contributed by atoms with Gasteiger partial charge < -0.3 is 33.5 Å². The minimum Gasteiger partial charge on any atom is -0.504 e. The highest BCUT2D eigenvalue weighted by Crippen LogP contribution is 2.52. The molecule has 1 aliphatic rings. The second-order valence-electron chi connectivity index (χ2n) is 6.02. The van der Waals surface area contributed by atoms with Gasteiger partial charge in [0.1, 0.15) is 6.10 Å². The topological polar surface area (TPSA) is 75.6 Å². The molecule has 0 saturated heterocycles. The van der Waals surface area contributed by atoms with Crippen molar-refractivity contribution < 1.29 is 33.5 Å². The summed E-state index contributed by atoms with van der Waals surface area (Å²) in [6.07, 6.45) is 1.03. The Kier molecular flexibility index (Phi) is 5.39. The fraction of sp³-hybridized carbons (Fsp3) is 0.400. The number of phenolic OH excluding ortho intramolecular Hbond substituents is 1. The summed E-state index contributed by atoms with van der Waals surface area (Å²) >= 11 is 0. The molecule has 0 spiro atoms. The van der Waals surface area contributed by atoms with Crippen LogP contribution in [0, 0.1) is 0 Å². The molecule has 2 aromatic carbocycles. The highest BCUT2D eigenvalue weighted by atomic mass is 16.5. The molecule has 7 heteroatoms. The van der Waals surface area contributed by atoms with E-state index in [1.54, 1.807) is 20.3 Å². The lowest BCUT2D eigenvalue weighted by Crippen LogP contribution is -2.17. The quantitative estimate of drug-likeness (QED) is 0.827. The van der Waals surface area contributed by atoms with Gasteiger partial charge in [0.25, 0.3) is 0 Å². The number of methoxy groups -OCH3 is 5. The lowest BCUT2D eigenvalue weighted by Gasteiger charge is -2.29. The zero-order valence-electron chi connectivity index (χ0n) is 16.1. The highest BCUT2D eigenvalue weighted by Gasteiger charge is 2.31. The Morgan fingerprint density at radius 1 is 0.852 bits per heavy atom. The standard InChI is InChI=1S/C20H24O7/c1-22-14-9-7-11-6-8-13(27-17(11)18(14)24-3)12-10-15(23-2)19(25-4)20(26-5)16(12)21/h7,9-10,13,21H,6,8H2,1-5H3/t13-/m0/s1. The van der Waals surface area contributed by atoms with Gasteiger partial charge in [0, 0.05) is 5.56 Å². The Hall–Kier alpha value is -2.96. The van der Waals surface area contributed by atoms with Crippen LogP contribution in [-0.4, -0.2) is 40.7 Å². The normalized spacial score (nSPS) is 15.4. The number of ether oxygens (including phenoxy) is 6. The Bertz CT molecular complexity index is 832. The number of aromatic hydroxyl groups is 1. The number of hydrogen-bond acceptors (Lipinski definition) is 7. The predicted molar refractivity (Wildman–Crippen MR) is 99.0 cm³/mol. The van der Waals surface area contributed by atoms with Gasteiger partial charge in [-0.3, -0.25) is 0 Å². The second kappa shape index (κ2) is 7.73. The van der Waals surface area contributed by atoms with Crippen LogP contribution in [0.15, 0.2) is 18.2 Å². The first-order valence-corrected chi connectivity index (χ1v) is 8.51. The Morgan fingerprint density at radius 2 is 1.52 bits per heavy atom. The smallest absolute Gasteiger partial charge is 0.207 e. The van der Waals surface area contributed by atoms with Gasteiger partial charge in [-0.15, -0.1) is 0 Å².